The van der Waals surface area contributed by atoms with Gasteiger partial charge < -0.3 is 4.74 Å². The SMILES string of the molecule is CCCCCCCC(C)(CCCCC)n1cnc(I)c1OC. The lowest BCUT2D eigenvalue weighted by atomic mass is 9.88. The van der Waals surface area contributed by atoms with Gasteiger partial charge in [-0.25, -0.2) is 4.98 Å². The monoisotopic (exact) mass is 420 g/mol. The molecular formula is C18H33IN2O. The van der Waals surface area contributed by atoms with Crippen LogP contribution in [0.5, 0.6) is 5.88 Å². The summed E-state index contributed by atoms with van der Waals surface area (Å²) in [6.45, 7) is 6.92. The van der Waals surface area contributed by atoms with Gasteiger partial charge in [-0.1, -0.05) is 65.2 Å². The van der Waals surface area contributed by atoms with Crippen molar-refractivity contribution in [2.45, 2.75) is 90.5 Å². The Bertz CT molecular complexity index is 419. The number of nitrogens with zero attached hydrogens (tertiary/aromatic N) is 2. The molecule has 0 aliphatic carbocycles. The maximum atomic E-state index is 5.61. The largest absolute Gasteiger partial charge is 0.480 e. The van der Waals surface area contributed by atoms with Crippen LogP contribution in [0.4, 0.5) is 0 Å². The summed E-state index contributed by atoms with van der Waals surface area (Å²) in [5.74, 6) is 0.924. The Kier molecular flexibility index (Phi) is 9.45. The number of hydrogen-bond acceptors (Lipinski definition) is 2. The van der Waals surface area contributed by atoms with Crippen LogP contribution in [-0.4, -0.2) is 16.7 Å². The second kappa shape index (κ2) is 10.5. The predicted octanol–water partition coefficient (Wildman–Crippen LogP) is 6.15. The maximum absolute atomic E-state index is 5.61. The van der Waals surface area contributed by atoms with Crippen molar-refractivity contribution in [3.05, 3.63) is 10.0 Å². The first-order valence-electron chi connectivity index (χ1n) is 8.86. The number of rotatable bonds is 12. The van der Waals surface area contributed by atoms with Gasteiger partial charge in [0.2, 0.25) is 5.88 Å². The topological polar surface area (TPSA) is 27.1 Å². The Hall–Kier alpha value is -0.260. The van der Waals surface area contributed by atoms with E-state index in [1.165, 1.54) is 64.2 Å². The number of hydrogen-bond donors (Lipinski definition) is 0. The van der Waals surface area contributed by atoms with E-state index < -0.39 is 0 Å². The van der Waals surface area contributed by atoms with Crippen LogP contribution >= 0.6 is 22.6 Å². The first-order chi connectivity index (χ1) is 10.6. The summed E-state index contributed by atoms with van der Waals surface area (Å²) in [7, 11) is 1.75. The molecule has 0 aliphatic rings. The molecule has 0 fully saturated rings. The Balaban J connectivity index is 2.76. The molecule has 0 radical (unpaired) electrons. The molecule has 0 aliphatic heterocycles. The molecule has 1 aromatic heterocycles. The Morgan fingerprint density at radius 3 is 2.18 bits per heavy atom. The van der Waals surface area contributed by atoms with Crippen LogP contribution in [0.1, 0.15) is 85.0 Å². The van der Waals surface area contributed by atoms with E-state index in [2.05, 4.69) is 52.9 Å². The fourth-order valence-corrected chi connectivity index (χ4v) is 3.72. The van der Waals surface area contributed by atoms with Crippen molar-refractivity contribution in [3.63, 3.8) is 0 Å². The van der Waals surface area contributed by atoms with Gasteiger partial charge in [-0.3, -0.25) is 4.57 Å². The van der Waals surface area contributed by atoms with E-state index in [9.17, 15) is 0 Å². The number of ether oxygens (including phenoxy) is 1. The third-order valence-corrected chi connectivity index (χ3v) is 5.33. The highest BCUT2D eigenvalue weighted by atomic mass is 127. The highest BCUT2D eigenvalue weighted by molar-refractivity contribution is 14.1. The third kappa shape index (κ3) is 5.74. The van der Waals surface area contributed by atoms with E-state index >= 15 is 0 Å². The molecular weight excluding hydrogens is 387 g/mol. The first kappa shape index (κ1) is 19.8. The minimum atomic E-state index is 0.128. The fourth-order valence-electron chi connectivity index (χ4n) is 3.11. The van der Waals surface area contributed by atoms with Gasteiger partial charge in [0.1, 0.15) is 0 Å². The lowest BCUT2D eigenvalue weighted by Gasteiger charge is -2.32. The number of methoxy groups -OCH3 is 1. The normalized spacial score (nSPS) is 14.0. The van der Waals surface area contributed by atoms with E-state index in [1.54, 1.807) is 7.11 Å². The van der Waals surface area contributed by atoms with Gasteiger partial charge in [0.15, 0.2) is 3.70 Å². The molecule has 0 N–H and O–H groups in total. The van der Waals surface area contributed by atoms with Crippen molar-refractivity contribution in [1.82, 2.24) is 9.55 Å². The minimum Gasteiger partial charge on any atom is -0.480 e. The molecule has 4 heteroatoms. The van der Waals surface area contributed by atoms with Gasteiger partial charge in [-0.2, -0.15) is 0 Å². The van der Waals surface area contributed by atoms with Crippen molar-refractivity contribution in [1.29, 1.82) is 0 Å². The highest BCUT2D eigenvalue weighted by Gasteiger charge is 2.29. The molecule has 0 amide bonds. The quantitative estimate of drug-likeness (QED) is 0.299. The second-order valence-electron chi connectivity index (χ2n) is 6.53. The predicted molar refractivity (Wildman–Crippen MR) is 103 cm³/mol. The van der Waals surface area contributed by atoms with E-state index in [1.807, 2.05) is 6.33 Å². The van der Waals surface area contributed by atoms with Gasteiger partial charge in [-0.05, 0) is 42.4 Å². The number of aromatic nitrogens is 2. The molecule has 0 saturated carbocycles. The molecule has 0 saturated heterocycles. The zero-order chi connectivity index (χ0) is 16.4. The van der Waals surface area contributed by atoms with Crippen LogP contribution < -0.4 is 4.74 Å². The van der Waals surface area contributed by atoms with Crippen LogP contribution in [0.15, 0.2) is 6.33 Å². The summed E-state index contributed by atoms with van der Waals surface area (Å²) in [4.78, 5) is 4.46. The smallest absolute Gasteiger partial charge is 0.228 e. The van der Waals surface area contributed by atoms with Crippen LogP contribution in [0.3, 0.4) is 0 Å². The zero-order valence-corrected chi connectivity index (χ0v) is 17.0. The van der Waals surface area contributed by atoms with Gasteiger partial charge in [0, 0.05) is 5.54 Å². The van der Waals surface area contributed by atoms with Gasteiger partial charge in [-0.15, -0.1) is 0 Å². The average Bonchev–Trinajstić information content (AvgIpc) is 2.89. The lowest BCUT2D eigenvalue weighted by Crippen LogP contribution is -2.30. The molecule has 1 heterocycles. The Labute approximate surface area is 150 Å². The fraction of sp³-hybridized carbons (Fsp3) is 0.833. The molecule has 128 valence electrons. The molecule has 0 aromatic carbocycles. The second-order valence-corrected chi connectivity index (χ2v) is 7.55. The molecule has 22 heavy (non-hydrogen) atoms. The van der Waals surface area contributed by atoms with Crippen LogP contribution in [0.2, 0.25) is 0 Å². The molecule has 0 spiro atoms. The summed E-state index contributed by atoms with van der Waals surface area (Å²) in [6, 6.07) is 0. The Morgan fingerprint density at radius 2 is 1.59 bits per heavy atom. The molecule has 1 aromatic rings. The van der Waals surface area contributed by atoms with Gasteiger partial charge in [0.25, 0.3) is 0 Å². The molecule has 0 bridgehead atoms. The first-order valence-corrected chi connectivity index (χ1v) is 9.94. The summed E-state index contributed by atoms with van der Waals surface area (Å²) in [6.07, 6.45) is 14.9. The molecule has 3 nitrogen and oxygen atoms in total. The van der Waals surface area contributed by atoms with Crippen molar-refractivity contribution in [3.8, 4) is 5.88 Å². The van der Waals surface area contributed by atoms with Crippen LogP contribution in [0.25, 0.3) is 0 Å². The van der Waals surface area contributed by atoms with Crippen LogP contribution in [0, 0.1) is 3.70 Å². The van der Waals surface area contributed by atoms with E-state index in [0.717, 1.165) is 9.58 Å². The van der Waals surface area contributed by atoms with Crippen molar-refractivity contribution in [2.75, 3.05) is 7.11 Å². The summed E-state index contributed by atoms with van der Waals surface area (Å²) in [5, 5.41) is 0. The maximum Gasteiger partial charge on any atom is 0.228 e. The number of halogens is 1. The average molecular weight is 420 g/mol. The highest BCUT2D eigenvalue weighted by Crippen LogP contribution is 2.35. The van der Waals surface area contributed by atoms with Crippen molar-refractivity contribution >= 4 is 22.6 Å². The van der Waals surface area contributed by atoms with Crippen LogP contribution in [-0.2, 0) is 5.54 Å². The van der Waals surface area contributed by atoms with E-state index in [-0.39, 0.29) is 5.54 Å². The summed E-state index contributed by atoms with van der Waals surface area (Å²) >= 11 is 2.27. The molecule has 1 rings (SSSR count). The summed E-state index contributed by atoms with van der Waals surface area (Å²) in [5.41, 5.74) is 0.128. The number of imidazole rings is 1. The summed E-state index contributed by atoms with van der Waals surface area (Å²) < 4.78 is 8.85. The third-order valence-electron chi connectivity index (χ3n) is 4.59. The number of unbranched alkanes of at least 4 members (excludes halogenated alkanes) is 6. The van der Waals surface area contributed by atoms with Crippen molar-refractivity contribution in [2.24, 2.45) is 0 Å². The lowest BCUT2D eigenvalue weighted by molar-refractivity contribution is 0.221. The molecule has 1 atom stereocenters. The van der Waals surface area contributed by atoms with Gasteiger partial charge >= 0.3 is 0 Å². The minimum absolute atomic E-state index is 0.128. The van der Waals surface area contributed by atoms with Gasteiger partial charge in [0.05, 0.1) is 13.4 Å². The molecule has 1 unspecified atom stereocenters. The van der Waals surface area contributed by atoms with E-state index in [0.29, 0.717) is 0 Å². The van der Waals surface area contributed by atoms with E-state index in [4.69, 9.17) is 4.74 Å². The van der Waals surface area contributed by atoms with Crippen molar-refractivity contribution < 1.29 is 4.74 Å². The standard InChI is InChI=1S/C18H33IN2O/c1-5-7-9-10-12-14-18(3,13-11-8-6-2)21-15-20-16(19)17(21)22-4/h15H,5-14H2,1-4H3. The zero-order valence-electron chi connectivity index (χ0n) is 14.8. The Morgan fingerprint density at radius 1 is 1.05 bits per heavy atom.